The van der Waals surface area contributed by atoms with Crippen molar-refractivity contribution in [3.05, 3.63) is 105 Å². The first-order chi connectivity index (χ1) is 22.2. The van der Waals surface area contributed by atoms with Crippen LogP contribution < -0.4 is 4.74 Å². The fourth-order valence-corrected chi connectivity index (χ4v) is 7.77. The van der Waals surface area contributed by atoms with Gasteiger partial charge >= 0.3 is 0 Å². The second-order valence-electron chi connectivity index (χ2n) is 11.8. The SMILES string of the molecule is CCN(C[C@@H](CCN1CCC(c2ccccc2[S@](C)=O)CC1)c1ccc(Cl)c(Cl)c1)C(=O)c1c(OC)c(C#N)cc2ccccc12. The van der Waals surface area contributed by atoms with Crippen molar-refractivity contribution in [2.24, 2.45) is 0 Å². The maximum absolute atomic E-state index is 14.3. The Morgan fingerprint density at radius 2 is 1.78 bits per heavy atom. The van der Waals surface area contributed by atoms with Gasteiger partial charge < -0.3 is 14.5 Å². The van der Waals surface area contributed by atoms with E-state index in [9.17, 15) is 14.3 Å². The topological polar surface area (TPSA) is 73.6 Å². The predicted octanol–water partition coefficient (Wildman–Crippen LogP) is 8.28. The van der Waals surface area contributed by atoms with Crippen molar-refractivity contribution in [2.75, 3.05) is 46.1 Å². The van der Waals surface area contributed by atoms with E-state index in [0.29, 0.717) is 45.9 Å². The third-order valence-electron chi connectivity index (χ3n) is 9.11. The van der Waals surface area contributed by atoms with E-state index >= 15 is 0 Å². The van der Waals surface area contributed by atoms with Crippen LogP contribution in [0.1, 0.15) is 65.1 Å². The Morgan fingerprint density at radius 3 is 2.46 bits per heavy atom. The molecule has 6 nitrogen and oxygen atoms in total. The Labute approximate surface area is 284 Å². The zero-order valence-corrected chi connectivity index (χ0v) is 28.8. The number of hydrogen-bond donors (Lipinski definition) is 0. The number of carbonyl (C=O) groups is 1. The molecule has 1 amide bonds. The summed E-state index contributed by atoms with van der Waals surface area (Å²) in [5, 5.41) is 12.4. The van der Waals surface area contributed by atoms with E-state index in [1.54, 1.807) is 12.3 Å². The molecule has 0 bridgehead atoms. The fourth-order valence-electron chi connectivity index (χ4n) is 6.63. The smallest absolute Gasteiger partial charge is 0.258 e. The standard InChI is InChI=1S/C37H39Cl2N3O3S/c1-4-42(37(43)35-31-11-6-5-9-27(31)21-29(23-40)36(35)45-2)24-28(26-13-14-32(38)33(39)22-26)17-20-41-18-15-25(16-19-41)30-10-7-8-12-34(30)46(3)44/h5-14,21-22,25,28H,4,15-20,24H2,1-3H3/t28-,46+/m1/s1. The van der Waals surface area contributed by atoms with Gasteiger partial charge in [-0.1, -0.05) is 71.7 Å². The van der Waals surface area contributed by atoms with Gasteiger partial charge in [-0.05, 0) is 97.9 Å². The second-order valence-corrected chi connectivity index (χ2v) is 13.9. The van der Waals surface area contributed by atoms with E-state index in [-0.39, 0.29) is 11.8 Å². The molecule has 1 aliphatic rings. The lowest BCUT2D eigenvalue weighted by atomic mass is 9.88. The zero-order valence-electron chi connectivity index (χ0n) is 26.5. The average Bonchev–Trinajstić information content (AvgIpc) is 3.08. The van der Waals surface area contributed by atoms with Gasteiger partial charge in [0.05, 0.1) is 39.1 Å². The number of amides is 1. The molecule has 0 N–H and O–H groups in total. The number of likely N-dealkylation sites (N-methyl/N-ethyl adjacent to an activating group) is 1. The zero-order chi connectivity index (χ0) is 32.8. The number of hydrogen-bond acceptors (Lipinski definition) is 5. The molecule has 5 rings (SSSR count). The van der Waals surface area contributed by atoms with Crippen molar-refractivity contribution in [1.29, 1.82) is 5.26 Å². The van der Waals surface area contributed by atoms with Crippen LogP contribution in [0, 0.1) is 11.3 Å². The van der Waals surface area contributed by atoms with Crippen molar-refractivity contribution in [1.82, 2.24) is 9.80 Å². The Balaban J connectivity index is 1.37. The number of likely N-dealkylation sites (tertiary alicyclic amines) is 1. The predicted molar refractivity (Wildman–Crippen MR) is 188 cm³/mol. The van der Waals surface area contributed by atoms with Crippen LogP contribution in [0.3, 0.4) is 0 Å². The summed E-state index contributed by atoms with van der Waals surface area (Å²) in [6, 6.07) is 25.4. The van der Waals surface area contributed by atoms with Crippen LogP contribution in [0.25, 0.3) is 10.8 Å². The molecule has 1 saturated heterocycles. The lowest BCUT2D eigenvalue weighted by molar-refractivity contribution is 0.0747. The summed E-state index contributed by atoms with van der Waals surface area (Å²) >= 11 is 12.8. The highest BCUT2D eigenvalue weighted by Crippen LogP contribution is 2.36. The first kappa shape index (κ1) is 33.9. The van der Waals surface area contributed by atoms with Crippen molar-refractivity contribution in [3.63, 3.8) is 0 Å². The van der Waals surface area contributed by atoms with Gasteiger partial charge in [0, 0.05) is 30.2 Å². The van der Waals surface area contributed by atoms with Crippen LogP contribution in [0.5, 0.6) is 5.75 Å². The van der Waals surface area contributed by atoms with Crippen LogP contribution in [0.4, 0.5) is 0 Å². The first-order valence-electron chi connectivity index (χ1n) is 15.6. The van der Waals surface area contributed by atoms with Gasteiger partial charge in [0.2, 0.25) is 0 Å². The van der Waals surface area contributed by atoms with Crippen molar-refractivity contribution in [3.8, 4) is 11.8 Å². The van der Waals surface area contributed by atoms with Crippen LogP contribution in [-0.2, 0) is 10.8 Å². The number of ether oxygens (including phenoxy) is 1. The van der Waals surface area contributed by atoms with E-state index in [2.05, 4.69) is 17.0 Å². The molecule has 0 radical (unpaired) electrons. The van der Waals surface area contributed by atoms with E-state index in [4.69, 9.17) is 27.9 Å². The minimum atomic E-state index is -1.01. The van der Waals surface area contributed by atoms with Crippen molar-refractivity contribution < 1.29 is 13.7 Å². The molecule has 46 heavy (non-hydrogen) atoms. The molecule has 9 heteroatoms. The van der Waals surface area contributed by atoms with Crippen LogP contribution >= 0.6 is 23.2 Å². The highest BCUT2D eigenvalue weighted by molar-refractivity contribution is 7.84. The monoisotopic (exact) mass is 675 g/mol. The molecule has 4 aromatic carbocycles. The van der Waals surface area contributed by atoms with E-state index < -0.39 is 10.8 Å². The van der Waals surface area contributed by atoms with Crippen molar-refractivity contribution >= 4 is 50.7 Å². The summed E-state index contributed by atoms with van der Waals surface area (Å²) in [6.07, 6.45) is 4.58. The maximum atomic E-state index is 14.3. The number of fused-ring (bicyclic) bond motifs is 1. The summed E-state index contributed by atoms with van der Waals surface area (Å²) in [4.78, 5) is 19.6. The third kappa shape index (κ3) is 7.42. The largest absolute Gasteiger partial charge is 0.495 e. The minimum Gasteiger partial charge on any atom is -0.495 e. The third-order valence-corrected chi connectivity index (χ3v) is 10.8. The summed E-state index contributed by atoms with van der Waals surface area (Å²) in [5.74, 6) is 0.512. The number of nitrogens with zero attached hydrogens (tertiary/aromatic N) is 3. The maximum Gasteiger partial charge on any atom is 0.258 e. The average molecular weight is 677 g/mol. The molecule has 0 unspecified atom stereocenters. The van der Waals surface area contributed by atoms with E-state index in [0.717, 1.165) is 60.1 Å². The molecule has 240 valence electrons. The van der Waals surface area contributed by atoms with Gasteiger partial charge in [-0.3, -0.25) is 9.00 Å². The Hall–Kier alpha value is -3.41. The molecule has 2 atom stereocenters. The van der Waals surface area contributed by atoms with Gasteiger partial charge in [0.1, 0.15) is 11.8 Å². The fraction of sp³-hybridized carbons (Fsp3) is 0.351. The lowest BCUT2D eigenvalue weighted by Gasteiger charge is -2.34. The molecular weight excluding hydrogens is 637 g/mol. The number of rotatable bonds is 11. The Bertz CT molecular complexity index is 1780. The quantitative estimate of drug-likeness (QED) is 0.160. The molecule has 1 heterocycles. The molecule has 1 aliphatic heterocycles. The summed E-state index contributed by atoms with van der Waals surface area (Å²) in [5.41, 5.74) is 2.97. The highest BCUT2D eigenvalue weighted by Gasteiger charge is 2.28. The Kier molecular flexibility index (Phi) is 11.4. The highest BCUT2D eigenvalue weighted by atomic mass is 35.5. The second kappa shape index (κ2) is 15.5. The summed E-state index contributed by atoms with van der Waals surface area (Å²) < 4.78 is 18.0. The van der Waals surface area contributed by atoms with Crippen LogP contribution in [-0.4, -0.2) is 66.0 Å². The first-order valence-corrected chi connectivity index (χ1v) is 18.0. The lowest BCUT2D eigenvalue weighted by Crippen LogP contribution is -2.38. The molecule has 4 aromatic rings. The molecule has 0 saturated carbocycles. The van der Waals surface area contributed by atoms with Crippen LogP contribution in [0.2, 0.25) is 10.0 Å². The van der Waals surface area contributed by atoms with Crippen molar-refractivity contribution in [2.45, 2.75) is 42.9 Å². The van der Waals surface area contributed by atoms with Gasteiger partial charge in [0.15, 0.2) is 0 Å². The van der Waals surface area contributed by atoms with E-state index in [1.165, 1.54) is 12.7 Å². The van der Waals surface area contributed by atoms with Gasteiger partial charge in [-0.25, -0.2) is 0 Å². The Morgan fingerprint density at radius 1 is 1.07 bits per heavy atom. The molecule has 0 spiro atoms. The summed E-state index contributed by atoms with van der Waals surface area (Å²) in [6.45, 7) is 5.68. The number of carbonyl (C=O) groups excluding carboxylic acids is 1. The number of benzene rings is 4. The normalized spacial score (nSPS) is 15.3. The molecule has 0 aliphatic carbocycles. The number of nitriles is 1. The van der Waals surface area contributed by atoms with Crippen LogP contribution in [0.15, 0.2) is 77.7 Å². The van der Waals surface area contributed by atoms with Gasteiger partial charge in [-0.15, -0.1) is 0 Å². The molecule has 1 fully saturated rings. The molecule has 0 aromatic heterocycles. The number of halogens is 2. The minimum absolute atomic E-state index is 0.00367. The van der Waals surface area contributed by atoms with Gasteiger partial charge in [0.25, 0.3) is 5.91 Å². The number of piperidine rings is 1. The van der Waals surface area contributed by atoms with E-state index in [1.807, 2.05) is 72.5 Å². The van der Waals surface area contributed by atoms with Gasteiger partial charge in [-0.2, -0.15) is 5.26 Å². The summed E-state index contributed by atoms with van der Waals surface area (Å²) in [7, 11) is 0.488. The molecular formula is C37H39Cl2N3O3S. The number of methoxy groups -OCH3 is 1.